The van der Waals surface area contributed by atoms with Crippen LogP contribution in [-0.2, 0) is 6.18 Å². The molecular formula is C20H18ClF4N5O. The largest absolute Gasteiger partial charge is 0.417 e. The first-order chi connectivity index (χ1) is 14.6. The highest BCUT2D eigenvalue weighted by molar-refractivity contribution is 6.31. The number of hydrogen-bond donors (Lipinski definition) is 3. The van der Waals surface area contributed by atoms with E-state index in [1.165, 1.54) is 18.2 Å². The molecule has 11 heteroatoms. The number of benzene rings is 2. The lowest BCUT2D eigenvalue weighted by Crippen LogP contribution is -2.39. The molecule has 31 heavy (non-hydrogen) atoms. The van der Waals surface area contributed by atoms with E-state index < -0.39 is 22.8 Å². The summed E-state index contributed by atoms with van der Waals surface area (Å²) < 4.78 is 52.4. The van der Waals surface area contributed by atoms with Crippen LogP contribution < -0.4 is 10.6 Å². The Morgan fingerprint density at radius 1 is 1.26 bits per heavy atom. The number of alkyl halides is 3. The Morgan fingerprint density at radius 2 is 2.03 bits per heavy atom. The lowest BCUT2D eigenvalue weighted by Gasteiger charge is -2.16. The van der Waals surface area contributed by atoms with Crippen molar-refractivity contribution in [2.75, 3.05) is 18.9 Å². The molecule has 4 rings (SSSR count). The first-order valence-electron chi connectivity index (χ1n) is 9.40. The molecule has 1 saturated heterocycles. The van der Waals surface area contributed by atoms with Crippen molar-refractivity contribution < 1.29 is 22.4 Å². The van der Waals surface area contributed by atoms with Crippen molar-refractivity contribution in [2.24, 2.45) is 0 Å². The van der Waals surface area contributed by atoms with Gasteiger partial charge in [0.1, 0.15) is 11.6 Å². The molecule has 0 unspecified atom stereocenters. The average Bonchev–Trinajstić information content (AvgIpc) is 3.24. The molecule has 1 aliphatic rings. The number of amides is 2. The molecule has 164 valence electrons. The van der Waals surface area contributed by atoms with Crippen LogP contribution in [0.25, 0.3) is 11.0 Å². The Hall–Kier alpha value is -2.85. The van der Waals surface area contributed by atoms with Gasteiger partial charge < -0.3 is 15.6 Å². The lowest BCUT2D eigenvalue weighted by atomic mass is 10.1. The van der Waals surface area contributed by atoms with E-state index in [1.807, 2.05) is 11.9 Å². The highest BCUT2D eigenvalue weighted by Crippen LogP contribution is 2.36. The zero-order chi connectivity index (χ0) is 22.3. The molecule has 0 aliphatic carbocycles. The number of H-pyrrole nitrogens is 1. The zero-order valence-electron chi connectivity index (χ0n) is 16.2. The van der Waals surface area contributed by atoms with Crippen molar-refractivity contribution in [3.8, 4) is 0 Å². The van der Waals surface area contributed by atoms with Crippen molar-refractivity contribution in [3.05, 3.63) is 58.6 Å². The summed E-state index contributed by atoms with van der Waals surface area (Å²) in [4.78, 5) is 21.9. The van der Waals surface area contributed by atoms with Crippen LogP contribution in [0, 0.1) is 5.82 Å². The molecule has 3 N–H and O–H groups in total. The summed E-state index contributed by atoms with van der Waals surface area (Å²) in [6.45, 7) is 0.512. The highest BCUT2D eigenvalue weighted by atomic mass is 35.5. The molecule has 1 aliphatic heterocycles. The van der Waals surface area contributed by atoms with Crippen LogP contribution in [0.15, 0.2) is 36.4 Å². The molecule has 0 spiro atoms. The number of anilines is 1. The fraction of sp³-hybridized carbons (Fsp3) is 0.300. The number of aromatic nitrogens is 2. The van der Waals surface area contributed by atoms with Gasteiger partial charge in [-0.1, -0.05) is 11.6 Å². The van der Waals surface area contributed by atoms with E-state index >= 15 is 0 Å². The predicted octanol–water partition coefficient (Wildman–Crippen LogP) is 4.94. The number of halogens is 5. The Balaban J connectivity index is 1.41. The van der Waals surface area contributed by atoms with Crippen molar-refractivity contribution in [1.29, 1.82) is 0 Å². The maximum Gasteiger partial charge on any atom is 0.417 e. The minimum absolute atomic E-state index is 0.0172. The van der Waals surface area contributed by atoms with Gasteiger partial charge in [0, 0.05) is 18.3 Å². The minimum atomic E-state index is -4.62. The van der Waals surface area contributed by atoms with Crippen LogP contribution in [0.5, 0.6) is 0 Å². The van der Waals surface area contributed by atoms with E-state index in [0.717, 1.165) is 12.1 Å². The summed E-state index contributed by atoms with van der Waals surface area (Å²) in [5, 5.41) is 4.74. The molecule has 0 radical (unpaired) electrons. The summed E-state index contributed by atoms with van der Waals surface area (Å²) in [5.41, 5.74) is 0.188. The standard InChI is InChI=1S/C20H18ClF4N5O/c1-30-9-12(8-17(30)18-28-15-5-2-10(22)6-16(15)29-18)27-19(31)26-11-3-4-14(21)13(7-11)20(23,24)25/h2-7,12,17H,8-9H2,1H3,(H,28,29)(H2,26,27,31)/t12-,17-/m0/s1. The fourth-order valence-electron chi connectivity index (χ4n) is 3.76. The van der Waals surface area contributed by atoms with Crippen LogP contribution in [-0.4, -0.2) is 40.5 Å². The third-order valence-corrected chi connectivity index (χ3v) is 5.52. The molecule has 2 heterocycles. The average molecular weight is 456 g/mol. The molecule has 3 aromatic rings. The van der Waals surface area contributed by atoms with E-state index in [2.05, 4.69) is 20.6 Å². The van der Waals surface area contributed by atoms with Gasteiger partial charge in [-0.05, 0) is 49.9 Å². The molecule has 2 aromatic carbocycles. The number of nitrogens with one attached hydrogen (secondary N) is 3. The number of nitrogens with zero attached hydrogens (tertiary/aromatic N) is 2. The van der Waals surface area contributed by atoms with E-state index in [-0.39, 0.29) is 23.6 Å². The molecule has 1 aromatic heterocycles. The quantitative estimate of drug-likeness (QED) is 0.490. The Bertz CT molecular complexity index is 1130. The number of rotatable bonds is 3. The number of carbonyl (C=O) groups is 1. The van der Waals surface area contributed by atoms with Gasteiger partial charge in [0.05, 0.1) is 27.7 Å². The fourth-order valence-corrected chi connectivity index (χ4v) is 3.98. The molecule has 1 fully saturated rings. The Kier molecular flexibility index (Phi) is 5.52. The molecule has 0 bridgehead atoms. The Labute approximate surface area is 179 Å². The molecule has 2 amide bonds. The van der Waals surface area contributed by atoms with Crippen LogP contribution in [0.4, 0.5) is 28.0 Å². The summed E-state index contributed by atoms with van der Waals surface area (Å²) in [6.07, 6.45) is -4.09. The van der Waals surface area contributed by atoms with Crippen LogP contribution in [0.2, 0.25) is 5.02 Å². The third-order valence-electron chi connectivity index (χ3n) is 5.19. The van der Waals surface area contributed by atoms with Crippen LogP contribution >= 0.6 is 11.6 Å². The monoisotopic (exact) mass is 455 g/mol. The first-order valence-corrected chi connectivity index (χ1v) is 9.77. The van der Waals surface area contributed by atoms with Gasteiger partial charge in [0.25, 0.3) is 0 Å². The Morgan fingerprint density at radius 3 is 2.77 bits per heavy atom. The number of urea groups is 1. The highest BCUT2D eigenvalue weighted by Gasteiger charge is 2.35. The van der Waals surface area contributed by atoms with Crippen LogP contribution in [0.1, 0.15) is 23.9 Å². The van der Waals surface area contributed by atoms with Gasteiger partial charge in [0.15, 0.2) is 0 Å². The second-order valence-corrected chi connectivity index (χ2v) is 7.87. The normalized spacial score (nSPS) is 19.7. The molecular weight excluding hydrogens is 438 g/mol. The van der Waals surface area contributed by atoms with Gasteiger partial charge >= 0.3 is 12.2 Å². The smallest absolute Gasteiger partial charge is 0.341 e. The maximum absolute atomic E-state index is 13.4. The first kappa shape index (κ1) is 21.4. The van der Waals surface area contributed by atoms with Crippen LogP contribution in [0.3, 0.4) is 0 Å². The number of aromatic amines is 1. The van der Waals surface area contributed by atoms with E-state index in [0.29, 0.717) is 29.8 Å². The van der Waals surface area contributed by atoms with Crippen molar-refractivity contribution >= 4 is 34.4 Å². The van der Waals surface area contributed by atoms with Gasteiger partial charge in [-0.15, -0.1) is 0 Å². The summed E-state index contributed by atoms with van der Waals surface area (Å²) in [5.74, 6) is 0.287. The second kappa shape index (κ2) is 8.01. The molecule has 2 atom stereocenters. The summed E-state index contributed by atoms with van der Waals surface area (Å²) >= 11 is 5.60. The van der Waals surface area contributed by atoms with Crippen molar-refractivity contribution in [2.45, 2.75) is 24.7 Å². The number of hydrogen-bond acceptors (Lipinski definition) is 3. The second-order valence-electron chi connectivity index (χ2n) is 7.46. The van der Waals surface area contributed by atoms with Crippen molar-refractivity contribution in [1.82, 2.24) is 20.2 Å². The van der Waals surface area contributed by atoms with E-state index in [4.69, 9.17) is 11.6 Å². The number of carbonyl (C=O) groups excluding carboxylic acids is 1. The number of fused-ring (bicyclic) bond motifs is 1. The van der Waals surface area contributed by atoms with Crippen molar-refractivity contribution in [3.63, 3.8) is 0 Å². The van der Waals surface area contributed by atoms with E-state index in [9.17, 15) is 22.4 Å². The van der Waals surface area contributed by atoms with E-state index in [1.54, 1.807) is 6.07 Å². The zero-order valence-corrected chi connectivity index (χ0v) is 17.0. The van der Waals surface area contributed by atoms with Gasteiger partial charge in [-0.2, -0.15) is 13.2 Å². The number of likely N-dealkylation sites (N-methyl/N-ethyl adjacent to an activating group) is 1. The molecule has 0 saturated carbocycles. The summed E-state index contributed by atoms with van der Waals surface area (Å²) in [7, 11) is 1.87. The van der Waals surface area contributed by atoms with Gasteiger partial charge in [-0.25, -0.2) is 14.2 Å². The minimum Gasteiger partial charge on any atom is -0.341 e. The maximum atomic E-state index is 13.4. The number of likely N-dealkylation sites (tertiary alicyclic amines) is 1. The SMILES string of the molecule is CN1C[C@@H](NC(=O)Nc2ccc(Cl)c(C(F)(F)F)c2)C[C@H]1c1nc2ccc(F)cc2[nH]1. The number of imidazole rings is 1. The third kappa shape index (κ3) is 4.59. The van der Waals surface area contributed by atoms with Gasteiger partial charge in [-0.3, -0.25) is 4.90 Å². The lowest BCUT2D eigenvalue weighted by molar-refractivity contribution is -0.137. The molecule has 6 nitrogen and oxygen atoms in total. The van der Waals surface area contributed by atoms with Gasteiger partial charge in [0.2, 0.25) is 0 Å². The summed E-state index contributed by atoms with van der Waals surface area (Å²) in [6, 6.07) is 6.46. The topological polar surface area (TPSA) is 73.1 Å². The predicted molar refractivity (Wildman–Crippen MR) is 108 cm³/mol.